The molecular formula is C18H24N4O2. The summed E-state index contributed by atoms with van der Waals surface area (Å²) in [6, 6.07) is 7.53. The molecule has 24 heavy (non-hydrogen) atoms. The Kier molecular flexibility index (Phi) is 6.14. The lowest BCUT2D eigenvalue weighted by atomic mass is 10.1. The van der Waals surface area contributed by atoms with E-state index in [0.717, 1.165) is 23.6 Å². The lowest BCUT2D eigenvalue weighted by molar-refractivity contribution is -0.117. The average Bonchev–Trinajstić information content (AvgIpc) is 3.04. The zero-order valence-corrected chi connectivity index (χ0v) is 14.5. The van der Waals surface area contributed by atoms with E-state index in [4.69, 9.17) is 4.74 Å². The van der Waals surface area contributed by atoms with Gasteiger partial charge in [-0.15, -0.1) is 0 Å². The third-order valence-electron chi connectivity index (χ3n) is 3.48. The largest absolute Gasteiger partial charge is 0.497 e. The number of benzene rings is 1. The number of hydrogen-bond donors (Lipinski definition) is 2. The van der Waals surface area contributed by atoms with E-state index in [9.17, 15) is 4.79 Å². The summed E-state index contributed by atoms with van der Waals surface area (Å²) in [5.41, 5.74) is 1.87. The number of rotatable bonds is 7. The van der Waals surface area contributed by atoms with Gasteiger partial charge in [-0.3, -0.25) is 4.79 Å². The minimum absolute atomic E-state index is 0.135. The molecular weight excluding hydrogens is 304 g/mol. The highest BCUT2D eigenvalue weighted by Gasteiger charge is 2.12. The van der Waals surface area contributed by atoms with Gasteiger partial charge in [-0.2, -0.15) is 0 Å². The molecule has 0 bridgehead atoms. The standard InChI is InChI=1S/C18H24N4O2/c1-13(20-17(23)9-6-10-22(2)3)18-19-12-16(21-18)14-7-5-8-15(11-14)24-4/h5-9,11-13H,10H2,1-4H3,(H,19,21)(H,20,23)/b9-6+. The van der Waals surface area contributed by atoms with Gasteiger partial charge in [-0.25, -0.2) is 4.98 Å². The number of ether oxygens (including phenoxy) is 1. The van der Waals surface area contributed by atoms with Crippen LogP contribution in [0.25, 0.3) is 11.3 Å². The Hall–Kier alpha value is -2.60. The Balaban J connectivity index is 2.01. The van der Waals surface area contributed by atoms with Crippen molar-refractivity contribution in [2.75, 3.05) is 27.7 Å². The van der Waals surface area contributed by atoms with Crippen molar-refractivity contribution >= 4 is 5.91 Å². The van der Waals surface area contributed by atoms with Gasteiger partial charge >= 0.3 is 0 Å². The zero-order valence-electron chi connectivity index (χ0n) is 14.5. The molecule has 0 aliphatic heterocycles. The fourth-order valence-corrected chi connectivity index (χ4v) is 2.19. The minimum atomic E-state index is -0.208. The number of amides is 1. The van der Waals surface area contributed by atoms with E-state index in [1.54, 1.807) is 19.4 Å². The number of nitrogens with zero attached hydrogens (tertiary/aromatic N) is 2. The number of aromatic nitrogens is 2. The first kappa shape index (κ1) is 17.7. The van der Waals surface area contributed by atoms with Crippen molar-refractivity contribution in [2.24, 2.45) is 0 Å². The van der Waals surface area contributed by atoms with Crippen LogP contribution in [0.3, 0.4) is 0 Å². The SMILES string of the molecule is COc1cccc(-c2cnc(C(C)NC(=O)/C=C/CN(C)C)[nH]2)c1. The molecule has 2 aromatic rings. The van der Waals surface area contributed by atoms with E-state index < -0.39 is 0 Å². The highest BCUT2D eigenvalue weighted by molar-refractivity contribution is 5.87. The van der Waals surface area contributed by atoms with Crippen LogP contribution in [0.2, 0.25) is 0 Å². The number of methoxy groups -OCH3 is 1. The van der Waals surface area contributed by atoms with Crippen molar-refractivity contribution in [3.63, 3.8) is 0 Å². The molecule has 0 saturated carbocycles. The van der Waals surface area contributed by atoms with E-state index in [0.29, 0.717) is 5.82 Å². The summed E-state index contributed by atoms with van der Waals surface area (Å²) < 4.78 is 5.24. The first-order valence-corrected chi connectivity index (χ1v) is 7.80. The van der Waals surface area contributed by atoms with E-state index in [1.807, 2.05) is 56.3 Å². The summed E-state index contributed by atoms with van der Waals surface area (Å²) >= 11 is 0. The lowest BCUT2D eigenvalue weighted by Crippen LogP contribution is -2.25. The normalized spacial score (nSPS) is 12.5. The quantitative estimate of drug-likeness (QED) is 0.766. The molecule has 1 unspecified atom stereocenters. The predicted molar refractivity (Wildman–Crippen MR) is 94.8 cm³/mol. The second-order valence-corrected chi connectivity index (χ2v) is 5.81. The van der Waals surface area contributed by atoms with Gasteiger partial charge in [0.15, 0.2) is 0 Å². The maximum absolute atomic E-state index is 11.9. The zero-order chi connectivity index (χ0) is 17.5. The van der Waals surface area contributed by atoms with Crippen LogP contribution in [0, 0.1) is 0 Å². The van der Waals surface area contributed by atoms with Gasteiger partial charge in [-0.1, -0.05) is 18.2 Å². The van der Waals surface area contributed by atoms with E-state index in [2.05, 4.69) is 15.3 Å². The molecule has 6 heteroatoms. The third-order valence-corrected chi connectivity index (χ3v) is 3.48. The van der Waals surface area contributed by atoms with Crippen LogP contribution in [0.15, 0.2) is 42.6 Å². The van der Waals surface area contributed by atoms with Crippen molar-refractivity contribution in [3.05, 3.63) is 48.4 Å². The molecule has 1 atom stereocenters. The summed E-state index contributed by atoms with van der Waals surface area (Å²) in [4.78, 5) is 21.5. The van der Waals surface area contributed by atoms with Crippen molar-refractivity contribution in [1.82, 2.24) is 20.2 Å². The smallest absolute Gasteiger partial charge is 0.244 e. The van der Waals surface area contributed by atoms with Gasteiger partial charge in [0.05, 0.1) is 25.0 Å². The molecule has 0 saturated heterocycles. The Morgan fingerprint density at radius 3 is 2.96 bits per heavy atom. The van der Waals surface area contributed by atoms with Gasteiger partial charge < -0.3 is 19.9 Å². The van der Waals surface area contributed by atoms with Gasteiger partial charge in [0, 0.05) is 18.2 Å². The molecule has 1 heterocycles. The van der Waals surface area contributed by atoms with Crippen LogP contribution in [-0.4, -0.2) is 48.5 Å². The Bertz CT molecular complexity index is 707. The highest BCUT2D eigenvalue weighted by Crippen LogP contribution is 2.23. The van der Waals surface area contributed by atoms with Gasteiger partial charge in [-0.05, 0) is 33.2 Å². The van der Waals surface area contributed by atoms with Crippen LogP contribution in [0.1, 0.15) is 18.8 Å². The molecule has 0 fully saturated rings. The molecule has 6 nitrogen and oxygen atoms in total. The summed E-state index contributed by atoms with van der Waals surface area (Å²) in [6.45, 7) is 2.62. The molecule has 2 N–H and O–H groups in total. The Labute approximate surface area is 142 Å². The minimum Gasteiger partial charge on any atom is -0.497 e. The van der Waals surface area contributed by atoms with E-state index >= 15 is 0 Å². The fraction of sp³-hybridized carbons (Fsp3) is 0.333. The molecule has 1 amide bonds. The van der Waals surface area contributed by atoms with E-state index in [1.165, 1.54) is 0 Å². The van der Waals surface area contributed by atoms with Crippen LogP contribution in [-0.2, 0) is 4.79 Å². The Morgan fingerprint density at radius 1 is 1.46 bits per heavy atom. The molecule has 0 aliphatic rings. The summed E-state index contributed by atoms with van der Waals surface area (Å²) in [5, 5.41) is 2.89. The number of H-pyrrole nitrogens is 1. The van der Waals surface area contributed by atoms with Crippen LogP contribution >= 0.6 is 0 Å². The maximum Gasteiger partial charge on any atom is 0.244 e. The molecule has 0 aliphatic carbocycles. The topological polar surface area (TPSA) is 70.2 Å². The second-order valence-electron chi connectivity index (χ2n) is 5.81. The summed E-state index contributed by atoms with van der Waals surface area (Å²) in [5.74, 6) is 1.36. The number of nitrogens with one attached hydrogen (secondary N) is 2. The fourth-order valence-electron chi connectivity index (χ4n) is 2.19. The van der Waals surface area contributed by atoms with Gasteiger partial charge in [0.1, 0.15) is 11.6 Å². The highest BCUT2D eigenvalue weighted by atomic mass is 16.5. The van der Waals surface area contributed by atoms with Crippen LogP contribution < -0.4 is 10.1 Å². The first-order valence-electron chi connectivity index (χ1n) is 7.80. The average molecular weight is 328 g/mol. The number of likely N-dealkylation sites (N-methyl/N-ethyl adjacent to an activating group) is 1. The third kappa shape index (κ3) is 4.96. The molecule has 2 rings (SSSR count). The summed E-state index contributed by atoms with van der Waals surface area (Å²) in [7, 11) is 5.54. The van der Waals surface area contributed by atoms with Crippen molar-refractivity contribution < 1.29 is 9.53 Å². The van der Waals surface area contributed by atoms with Crippen molar-refractivity contribution in [2.45, 2.75) is 13.0 Å². The second kappa shape index (κ2) is 8.31. The molecule has 1 aromatic heterocycles. The van der Waals surface area contributed by atoms with E-state index in [-0.39, 0.29) is 11.9 Å². The molecule has 0 radical (unpaired) electrons. The van der Waals surface area contributed by atoms with Crippen molar-refractivity contribution in [3.8, 4) is 17.0 Å². The molecule has 128 valence electrons. The molecule has 1 aromatic carbocycles. The monoisotopic (exact) mass is 328 g/mol. The maximum atomic E-state index is 11.9. The van der Waals surface area contributed by atoms with Crippen molar-refractivity contribution in [1.29, 1.82) is 0 Å². The number of aromatic amines is 1. The number of hydrogen-bond acceptors (Lipinski definition) is 4. The summed E-state index contributed by atoms with van der Waals surface area (Å²) in [6.07, 6.45) is 5.13. The van der Waals surface area contributed by atoms with Crippen LogP contribution in [0.4, 0.5) is 0 Å². The number of carbonyl (C=O) groups is 1. The first-order chi connectivity index (χ1) is 11.5. The van der Waals surface area contributed by atoms with Gasteiger partial charge in [0.25, 0.3) is 0 Å². The number of carbonyl (C=O) groups excluding carboxylic acids is 1. The Morgan fingerprint density at radius 2 is 2.25 bits per heavy atom. The number of imidazole rings is 1. The van der Waals surface area contributed by atoms with Crippen LogP contribution in [0.5, 0.6) is 5.75 Å². The predicted octanol–water partition coefficient (Wildman–Crippen LogP) is 2.38. The van der Waals surface area contributed by atoms with Gasteiger partial charge in [0.2, 0.25) is 5.91 Å². The molecule has 0 spiro atoms. The lowest BCUT2D eigenvalue weighted by Gasteiger charge is -2.10.